The lowest BCUT2D eigenvalue weighted by atomic mass is 9.96. The summed E-state index contributed by atoms with van der Waals surface area (Å²) < 4.78 is 2.40. The molecule has 0 radical (unpaired) electrons. The summed E-state index contributed by atoms with van der Waals surface area (Å²) >= 11 is 5.82. The fraction of sp³-hybridized carbons (Fsp3) is 0.385. The van der Waals surface area contributed by atoms with Crippen molar-refractivity contribution in [2.75, 3.05) is 27.2 Å². The number of likely N-dealkylation sites (N-methyl/N-ethyl adjacent to an activating group) is 1. The summed E-state index contributed by atoms with van der Waals surface area (Å²) in [4.78, 5) is 9.22. The molecular weight excluding hydrogens is 414 g/mol. The normalized spacial score (nSPS) is 18.4. The van der Waals surface area contributed by atoms with E-state index in [1.54, 1.807) is 0 Å². The Hall–Kier alpha value is -2.70. The van der Waals surface area contributed by atoms with Gasteiger partial charge in [-0.3, -0.25) is 4.98 Å². The minimum Gasteiger partial charge on any atom is -0.352 e. The van der Waals surface area contributed by atoms with E-state index in [1.807, 2.05) is 18.3 Å². The van der Waals surface area contributed by atoms with Crippen LogP contribution in [0.4, 0.5) is 0 Å². The first kappa shape index (κ1) is 22.5. The fourth-order valence-electron chi connectivity index (χ4n) is 4.78. The van der Waals surface area contributed by atoms with Crippen molar-refractivity contribution in [3.8, 4) is 5.69 Å². The summed E-state index contributed by atoms with van der Waals surface area (Å²) in [6, 6.07) is 17.2. The van der Waals surface area contributed by atoms with Crippen molar-refractivity contribution in [3.63, 3.8) is 0 Å². The van der Waals surface area contributed by atoms with Gasteiger partial charge in [-0.25, -0.2) is 0 Å². The molecule has 0 saturated carbocycles. The van der Waals surface area contributed by atoms with Crippen LogP contribution in [0.25, 0.3) is 5.69 Å². The molecule has 32 heavy (non-hydrogen) atoms. The molecular formula is C26H33N5S. The van der Waals surface area contributed by atoms with Crippen molar-refractivity contribution in [2.24, 2.45) is 0 Å². The number of para-hydroxylation sites is 1. The van der Waals surface area contributed by atoms with E-state index < -0.39 is 0 Å². The fourth-order valence-corrected chi connectivity index (χ4v) is 5.11. The third-order valence-corrected chi connectivity index (χ3v) is 6.74. The molecule has 0 unspecified atom stereocenters. The van der Waals surface area contributed by atoms with E-state index in [2.05, 4.69) is 95.9 Å². The van der Waals surface area contributed by atoms with E-state index in [0.717, 1.165) is 30.3 Å². The minimum atomic E-state index is 0.0150. The molecule has 1 N–H and O–H groups in total. The van der Waals surface area contributed by atoms with E-state index >= 15 is 0 Å². The SMILES string of the molecule is CCc1ccccc1-n1c(C)cc([C@H]2[C@@H](c3ccccn3)NC(=S)N2CCN(C)C)c1C. The van der Waals surface area contributed by atoms with Crippen LogP contribution in [0.5, 0.6) is 0 Å². The molecule has 1 saturated heterocycles. The average Bonchev–Trinajstić information content (AvgIpc) is 3.27. The molecule has 1 fully saturated rings. The molecule has 3 aromatic rings. The van der Waals surface area contributed by atoms with Gasteiger partial charge in [-0.1, -0.05) is 31.2 Å². The number of hydrogen-bond donors (Lipinski definition) is 1. The monoisotopic (exact) mass is 447 g/mol. The first-order chi connectivity index (χ1) is 15.4. The second-order valence-corrected chi connectivity index (χ2v) is 9.15. The number of benzene rings is 1. The Balaban J connectivity index is 1.83. The zero-order valence-electron chi connectivity index (χ0n) is 19.7. The highest BCUT2D eigenvalue weighted by molar-refractivity contribution is 7.80. The van der Waals surface area contributed by atoms with E-state index in [0.29, 0.717) is 0 Å². The number of pyridine rings is 1. The van der Waals surface area contributed by atoms with Crippen LogP contribution in [0.1, 0.15) is 47.2 Å². The molecule has 6 heteroatoms. The number of hydrogen-bond acceptors (Lipinski definition) is 3. The quantitative estimate of drug-likeness (QED) is 0.536. The second-order valence-electron chi connectivity index (χ2n) is 8.77. The third kappa shape index (κ3) is 4.17. The highest BCUT2D eigenvalue weighted by atomic mass is 32.1. The Labute approximate surface area is 197 Å². The Morgan fingerprint density at radius 1 is 1.09 bits per heavy atom. The molecule has 4 rings (SSSR count). The van der Waals surface area contributed by atoms with Gasteiger partial charge in [0.25, 0.3) is 0 Å². The molecule has 1 aromatic carbocycles. The largest absolute Gasteiger partial charge is 0.352 e. The van der Waals surface area contributed by atoms with Gasteiger partial charge in [0.1, 0.15) is 0 Å². The minimum absolute atomic E-state index is 0.0150. The van der Waals surface area contributed by atoms with Gasteiger partial charge in [-0.2, -0.15) is 0 Å². The average molecular weight is 448 g/mol. The summed E-state index contributed by atoms with van der Waals surface area (Å²) in [5, 5.41) is 4.38. The maximum absolute atomic E-state index is 5.82. The van der Waals surface area contributed by atoms with Crippen LogP contribution in [0.3, 0.4) is 0 Å². The summed E-state index contributed by atoms with van der Waals surface area (Å²) in [5.41, 5.74) is 7.44. The van der Waals surface area contributed by atoms with Crippen LogP contribution in [0.2, 0.25) is 0 Å². The van der Waals surface area contributed by atoms with E-state index in [9.17, 15) is 0 Å². The number of nitrogens with one attached hydrogen (secondary N) is 1. The molecule has 5 nitrogen and oxygen atoms in total. The van der Waals surface area contributed by atoms with Crippen molar-refractivity contribution in [3.05, 3.63) is 82.9 Å². The van der Waals surface area contributed by atoms with Gasteiger partial charge in [-0.05, 0) is 82.0 Å². The molecule has 0 bridgehead atoms. The molecule has 2 aromatic heterocycles. The van der Waals surface area contributed by atoms with Gasteiger partial charge in [0.05, 0.1) is 17.8 Å². The maximum atomic E-state index is 5.82. The topological polar surface area (TPSA) is 36.3 Å². The molecule has 0 aliphatic carbocycles. The number of rotatable bonds is 7. The molecule has 0 spiro atoms. The van der Waals surface area contributed by atoms with Gasteiger partial charge >= 0.3 is 0 Å². The Bertz CT molecular complexity index is 1090. The summed E-state index contributed by atoms with van der Waals surface area (Å²) in [5.74, 6) is 0. The molecule has 1 aliphatic rings. The molecule has 3 heterocycles. The highest BCUT2D eigenvalue weighted by Gasteiger charge is 2.41. The Morgan fingerprint density at radius 2 is 1.84 bits per heavy atom. The Kier molecular flexibility index (Phi) is 6.63. The molecule has 0 amide bonds. The van der Waals surface area contributed by atoms with Gasteiger partial charge in [-0.15, -0.1) is 0 Å². The maximum Gasteiger partial charge on any atom is 0.170 e. The van der Waals surface area contributed by atoms with Crippen molar-refractivity contribution in [1.29, 1.82) is 0 Å². The number of thiocarbonyl (C=S) groups is 1. The number of aromatic nitrogens is 2. The van der Waals surface area contributed by atoms with Gasteiger partial charge in [0.2, 0.25) is 0 Å². The lowest BCUT2D eigenvalue weighted by molar-refractivity contribution is 0.277. The highest BCUT2D eigenvalue weighted by Crippen LogP contribution is 2.41. The smallest absolute Gasteiger partial charge is 0.170 e. The summed E-state index contributed by atoms with van der Waals surface area (Å²) in [6.07, 6.45) is 2.86. The standard InChI is InChI=1S/C26H33N5S/c1-6-20-11-7-8-13-23(20)31-18(2)17-21(19(31)3)25-24(22-12-9-10-14-27-22)28-26(32)30(25)16-15-29(4)5/h7-14,17,24-25H,6,15-16H2,1-5H3,(H,28,32)/t24-,25+/m1/s1. The lowest BCUT2D eigenvalue weighted by Gasteiger charge is -2.29. The van der Waals surface area contributed by atoms with E-state index in [-0.39, 0.29) is 12.1 Å². The lowest BCUT2D eigenvalue weighted by Crippen LogP contribution is -2.35. The van der Waals surface area contributed by atoms with Gasteiger partial charge in [0.15, 0.2) is 5.11 Å². The Morgan fingerprint density at radius 3 is 2.53 bits per heavy atom. The number of aryl methyl sites for hydroxylation is 2. The number of nitrogens with zero attached hydrogens (tertiary/aromatic N) is 4. The van der Waals surface area contributed by atoms with Crippen LogP contribution < -0.4 is 5.32 Å². The zero-order chi connectivity index (χ0) is 22.8. The first-order valence-electron chi connectivity index (χ1n) is 11.3. The van der Waals surface area contributed by atoms with Crippen molar-refractivity contribution in [1.82, 2.24) is 24.7 Å². The predicted octanol–water partition coefficient (Wildman–Crippen LogP) is 4.59. The van der Waals surface area contributed by atoms with Crippen LogP contribution in [0, 0.1) is 13.8 Å². The summed E-state index contributed by atoms with van der Waals surface area (Å²) in [6.45, 7) is 8.44. The predicted molar refractivity (Wildman–Crippen MR) is 135 cm³/mol. The van der Waals surface area contributed by atoms with E-state index in [4.69, 9.17) is 12.2 Å². The third-order valence-electron chi connectivity index (χ3n) is 6.39. The molecule has 1 aliphatic heterocycles. The zero-order valence-corrected chi connectivity index (χ0v) is 20.5. The molecule has 168 valence electrons. The van der Waals surface area contributed by atoms with E-state index in [1.165, 1.54) is 28.2 Å². The summed E-state index contributed by atoms with van der Waals surface area (Å²) in [7, 11) is 4.21. The van der Waals surface area contributed by atoms with Crippen LogP contribution in [-0.2, 0) is 6.42 Å². The van der Waals surface area contributed by atoms with Crippen molar-refractivity contribution < 1.29 is 0 Å². The van der Waals surface area contributed by atoms with Gasteiger partial charge in [0, 0.05) is 36.4 Å². The van der Waals surface area contributed by atoms with Crippen molar-refractivity contribution >= 4 is 17.3 Å². The van der Waals surface area contributed by atoms with Crippen LogP contribution in [0.15, 0.2) is 54.7 Å². The first-order valence-corrected chi connectivity index (χ1v) is 11.7. The second kappa shape index (κ2) is 9.43. The van der Waals surface area contributed by atoms with Crippen LogP contribution >= 0.6 is 12.2 Å². The van der Waals surface area contributed by atoms with Crippen molar-refractivity contribution in [2.45, 2.75) is 39.3 Å². The molecule has 2 atom stereocenters. The van der Waals surface area contributed by atoms with Gasteiger partial charge < -0.3 is 19.7 Å². The van der Waals surface area contributed by atoms with Crippen LogP contribution in [-0.4, -0.2) is 51.6 Å².